The lowest BCUT2D eigenvalue weighted by Gasteiger charge is -2.10. The first-order chi connectivity index (χ1) is 4.57. The molecule has 56 valence electrons. The highest BCUT2D eigenvalue weighted by molar-refractivity contribution is 5.81. The molecular weight excluding hydrogens is 128 g/mol. The number of carbonyl (C=O) groups is 1. The lowest BCUT2D eigenvalue weighted by atomic mass is 10.2. The molecule has 2 nitrogen and oxygen atoms in total. The van der Waals surface area contributed by atoms with Gasteiger partial charge in [0.1, 0.15) is 6.10 Å². The third kappa shape index (κ3) is 3.07. The second kappa shape index (κ2) is 3.88. The Labute approximate surface area is 61.2 Å². The molecule has 0 aromatic carbocycles. The summed E-state index contributed by atoms with van der Waals surface area (Å²) in [4.78, 5) is 10.5. The zero-order chi connectivity index (χ0) is 8.15. The minimum atomic E-state index is -0.407. The number of esters is 1. The number of hydrogen-bond acceptors (Lipinski definition) is 2. The van der Waals surface area contributed by atoms with Crippen molar-refractivity contribution in [2.45, 2.75) is 20.0 Å². The fourth-order valence-corrected chi connectivity index (χ4v) is 0.323. The Balaban J connectivity index is 3.79. The predicted molar refractivity (Wildman–Crippen MR) is 40.6 cm³/mol. The highest BCUT2D eigenvalue weighted by Crippen LogP contribution is 2.01. The zero-order valence-corrected chi connectivity index (χ0v) is 6.39. The van der Waals surface area contributed by atoms with Crippen molar-refractivity contribution in [1.29, 1.82) is 0 Å². The molecule has 0 aliphatic heterocycles. The molecule has 0 bridgehead atoms. The molecule has 0 aliphatic carbocycles. The molecule has 0 aromatic heterocycles. The first-order valence-corrected chi connectivity index (χ1v) is 3.06. The van der Waals surface area contributed by atoms with Gasteiger partial charge in [-0.25, -0.2) is 4.79 Å². The lowest BCUT2D eigenvalue weighted by molar-refractivity contribution is -0.140. The van der Waals surface area contributed by atoms with Crippen LogP contribution in [0.15, 0.2) is 24.8 Å². The molecule has 2 heteroatoms. The summed E-state index contributed by atoms with van der Waals surface area (Å²) in [6, 6.07) is 0. The van der Waals surface area contributed by atoms with Crippen LogP contribution in [-0.4, -0.2) is 12.1 Å². The van der Waals surface area contributed by atoms with Gasteiger partial charge in [0.15, 0.2) is 0 Å². The summed E-state index contributed by atoms with van der Waals surface area (Å²) in [5.41, 5.74) is 0.829. The van der Waals surface area contributed by atoms with Crippen LogP contribution in [0.2, 0.25) is 0 Å². The molecule has 1 unspecified atom stereocenters. The minimum absolute atomic E-state index is 0.217. The smallest absolute Gasteiger partial charge is 0.330 e. The molecule has 0 saturated heterocycles. The Bertz CT molecular complexity index is 159. The summed E-state index contributed by atoms with van der Waals surface area (Å²) < 4.78 is 4.80. The summed E-state index contributed by atoms with van der Waals surface area (Å²) in [7, 11) is 0. The molecule has 10 heavy (non-hydrogen) atoms. The van der Waals surface area contributed by atoms with Gasteiger partial charge in [0.05, 0.1) is 0 Å². The van der Waals surface area contributed by atoms with E-state index in [1.807, 2.05) is 0 Å². The highest BCUT2D eigenvalue weighted by atomic mass is 16.5. The Morgan fingerprint density at radius 1 is 1.70 bits per heavy atom. The van der Waals surface area contributed by atoms with Crippen molar-refractivity contribution in [3.05, 3.63) is 24.8 Å². The van der Waals surface area contributed by atoms with E-state index in [1.54, 1.807) is 13.8 Å². The molecule has 0 radical (unpaired) electrons. The Morgan fingerprint density at radius 3 is 2.50 bits per heavy atom. The average molecular weight is 140 g/mol. The van der Waals surface area contributed by atoms with E-state index in [0.29, 0.717) is 0 Å². The van der Waals surface area contributed by atoms with Crippen molar-refractivity contribution in [2.75, 3.05) is 0 Å². The van der Waals surface area contributed by atoms with Crippen LogP contribution in [0, 0.1) is 0 Å². The van der Waals surface area contributed by atoms with Gasteiger partial charge < -0.3 is 4.74 Å². The van der Waals surface area contributed by atoms with E-state index >= 15 is 0 Å². The topological polar surface area (TPSA) is 26.3 Å². The minimum Gasteiger partial charge on any atom is -0.455 e. The van der Waals surface area contributed by atoms with Crippen LogP contribution >= 0.6 is 0 Å². The van der Waals surface area contributed by atoms with E-state index in [1.165, 1.54) is 0 Å². The normalized spacial score (nSPS) is 11.8. The van der Waals surface area contributed by atoms with Gasteiger partial charge >= 0.3 is 5.97 Å². The molecule has 0 aliphatic rings. The first kappa shape index (κ1) is 8.95. The van der Waals surface area contributed by atoms with E-state index in [9.17, 15) is 4.79 Å². The standard InChI is InChI=1S/C8H12O2/c1-5-8(9)10-7(4)6(2)3/h5,7H,1-2H2,3-4H3. The van der Waals surface area contributed by atoms with Crippen LogP contribution in [0.25, 0.3) is 0 Å². The first-order valence-electron chi connectivity index (χ1n) is 3.06. The Hall–Kier alpha value is -1.05. The van der Waals surface area contributed by atoms with Crippen molar-refractivity contribution >= 4 is 5.97 Å². The fraction of sp³-hybridized carbons (Fsp3) is 0.375. The van der Waals surface area contributed by atoms with Crippen LogP contribution in [0.5, 0.6) is 0 Å². The van der Waals surface area contributed by atoms with Crippen LogP contribution < -0.4 is 0 Å². The van der Waals surface area contributed by atoms with Gasteiger partial charge in [-0.2, -0.15) is 0 Å². The van der Waals surface area contributed by atoms with E-state index in [0.717, 1.165) is 11.6 Å². The van der Waals surface area contributed by atoms with E-state index in [2.05, 4.69) is 13.2 Å². The maximum Gasteiger partial charge on any atom is 0.330 e. The maximum absolute atomic E-state index is 10.5. The lowest BCUT2D eigenvalue weighted by Crippen LogP contribution is -2.13. The summed E-state index contributed by atoms with van der Waals surface area (Å²) in [5.74, 6) is -0.407. The van der Waals surface area contributed by atoms with Gasteiger partial charge in [-0.15, -0.1) is 0 Å². The van der Waals surface area contributed by atoms with Gasteiger partial charge in [0.2, 0.25) is 0 Å². The summed E-state index contributed by atoms with van der Waals surface area (Å²) in [6.45, 7) is 10.5. The van der Waals surface area contributed by atoms with Crippen molar-refractivity contribution in [3.8, 4) is 0 Å². The average Bonchev–Trinajstić information content (AvgIpc) is 1.87. The third-order valence-electron chi connectivity index (χ3n) is 1.15. The van der Waals surface area contributed by atoms with Crippen LogP contribution in [0.3, 0.4) is 0 Å². The van der Waals surface area contributed by atoms with E-state index in [4.69, 9.17) is 4.74 Å². The third-order valence-corrected chi connectivity index (χ3v) is 1.15. The van der Waals surface area contributed by atoms with Crippen molar-refractivity contribution < 1.29 is 9.53 Å². The van der Waals surface area contributed by atoms with Crippen LogP contribution in [-0.2, 0) is 9.53 Å². The number of rotatable bonds is 3. The molecule has 0 aromatic rings. The van der Waals surface area contributed by atoms with Crippen LogP contribution in [0.1, 0.15) is 13.8 Å². The number of carbonyl (C=O) groups excluding carboxylic acids is 1. The van der Waals surface area contributed by atoms with Crippen molar-refractivity contribution in [2.24, 2.45) is 0 Å². The van der Waals surface area contributed by atoms with Gasteiger partial charge in [-0.05, 0) is 19.4 Å². The molecule has 1 atom stereocenters. The molecule has 0 spiro atoms. The molecule has 0 rings (SSSR count). The second-order valence-corrected chi connectivity index (χ2v) is 2.13. The van der Waals surface area contributed by atoms with E-state index < -0.39 is 5.97 Å². The van der Waals surface area contributed by atoms with Gasteiger partial charge in [0.25, 0.3) is 0 Å². The molecule has 0 N–H and O–H groups in total. The molecule has 0 heterocycles. The fourth-order valence-electron chi connectivity index (χ4n) is 0.323. The van der Waals surface area contributed by atoms with Crippen molar-refractivity contribution in [1.82, 2.24) is 0 Å². The highest BCUT2D eigenvalue weighted by Gasteiger charge is 2.04. The monoisotopic (exact) mass is 140 g/mol. The molecular formula is C8H12O2. The van der Waals surface area contributed by atoms with Gasteiger partial charge in [-0.3, -0.25) is 0 Å². The summed E-state index contributed by atoms with van der Waals surface area (Å²) in [5, 5.41) is 0. The van der Waals surface area contributed by atoms with Gasteiger partial charge in [0, 0.05) is 6.08 Å². The maximum atomic E-state index is 10.5. The molecule has 0 amide bonds. The zero-order valence-electron chi connectivity index (χ0n) is 6.39. The number of hydrogen-bond donors (Lipinski definition) is 0. The van der Waals surface area contributed by atoms with Crippen molar-refractivity contribution in [3.63, 3.8) is 0 Å². The van der Waals surface area contributed by atoms with E-state index in [-0.39, 0.29) is 6.10 Å². The predicted octanol–water partition coefficient (Wildman–Crippen LogP) is 1.68. The Morgan fingerprint density at radius 2 is 2.20 bits per heavy atom. The van der Waals surface area contributed by atoms with Gasteiger partial charge in [-0.1, -0.05) is 13.2 Å². The Kier molecular flexibility index (Phi) is 3.47. The second-order valence-electron chi connectivity index (χ2n) is 2.13. The quantitative estimate of drug-likeness (QED) is 0.338. The SMILES string of the molecule is C=CC(=O)OC(C)C(=C)C. The summed E-state index contributed by atoms with van der Waals surface area (Å²) in [6.07, 6.45) is 0.921. The number of ether oxygens (including phenoxy) is 1. The largest absolute Gasteiger partial charge is 0.455 e. The van der Waals surface area contributed by atoms with Crippen LogP contribution in [0.4, 0.5) is 0 Å². The molecule has 0 fully saturated rings. The summed E-state index contributed by atoms with van der Waals surface area (Å²) >= 11 is 0. The molecule has 0 saturated carbocycles.